The molecule has 1 atom stereocenters. The molecule has 0 bridgehead atoms. The SMILES string of the molecule is O=C(CCc1nnc(-c2ccsc2)o1)N1CCn2cccc2[C@@H]1c1ccccc1. The highest BCUT2D eigenvalue weighted by Gasteiger charge is 2.31. The van der Waals surface area contributed by atoms with E-state index in [1.54, 1.807) is 11.3 Å². The van der Waals surface area contributed by atoms with Crippen molar-refractivity contribution in [2.24, 2.45) is 0 Å². The summed E-state index contributed by atoms with van der Waals surface area (Å²) in [6.07, 6.45) is 2.86. The molecule has 0 N–H and O–H groups in total. The number of hydrogen-bond donors (Lipinski definition) is 0. The first kappa shape index (κ1) is 17.9. The fraction of sp³-hybridized carbons (Fsp3) is 0.227. The van der Waals surface area contributed by atoms with Crippen LogP contribution in [0.1, 0.15) is 29.6 Å². The lowest BCUT2D eigenvalue weighted by atomic mass is 9.99. The summed E-state index contributed by atoms with van der Waals surface area (Å²) in [6, 6.07) is 16.2. The van der Waals surface area contributed by atoms with Crippen LogP contribution in [0.25, 0.3) is 11.5 Å². The maximum absolute atomic E-state index is 13.2. The number of thiophene rings is 1. The summed E-state index contributed by atoms with van der Waals surface area (Å²) in [4.78, 5) is 15.1. The van der Waals surface area contributed by atoms with E-state index in [0.717, 1.165) is 23.4 Å². The Bertz CT molecular complexity index is 1100. The lowest BCUT2D eigenvalue weighted by Crippen LogP contribution is -2.42. The Morgan fingerprint density at radius 2 is 2.00 bits per heavy atom. The minimum absolute atomic E-state index is 0.0727. The topological polar surface area (TPSA) is 64.2 Å². The van der Waals surface area contributed by atoms with Crippen molar-refractivity contribution < 1.29 is 9.21 Å². The van der Waals surface area contributed by atoms with E-state index < -0.39 is 0 Å². The lowest BCUT2D eigenvalue weighted by Gasteiger charge is -2.37. The zero-order chi connectivity index (χ0) is 19.6. The van der Waals surface area contributed by atoms with Gasteiger partial charge in [-0.2, -0.15) is 11.3 Å². The molecule has 1 aliphatic heterocycles. The largest absolute Gasteiger partial charge is 0.421 e. The second-order valence-electron chi connectivity index (χ2n) is 7.04. The van der Waals surface area contributed by atoms with Crippen LogP contribution in [-0.4, -0.2) is 32.1 Å². The minimum Gasteiger partial charge on any atom is -0.421 e. The van der Waals surface area contributed by atoms with Gasteiger partial charge in [-0.05, 0) is 29.1 Å². The summed E-state index contributed by atoms with van der Waals surface area (Å²) >= 11 is 1.58. The van der Waals surface area contributed by atoms with Crippen molar-refractivity contribution in [2.45, 2.75) is 25.4 Å². The predicted octanol–water partition coefficient (Wildman–Crippen LogP) is 4.16. The number of aromatic nitrogens is 3. The zero-order valence-corrected chi connectivity index (χ0v) is 16.6. The molecule has 0 aliphatic carbocycles. The first-order valence-corrected chi connectivity index (χ1v) is 10.6. The molecule has 0 saturated heterocycles. The van der Waals surface area contributed by atoms with Gasteiger partial charge in [0.1, 0.15) is 0 Å². The molecule has 0 fully saturated rings. The number of carbonyl (C=O) groups excluding carboxylic acids is 1. The smallest absolute Gasteiger partial charge is 0.248 e. The van der Waals surface area contributed by atoms with Crippen molar-refractivity contribution in [1.82, 2.24) is 19.7 Å². The van der Waals surface area contributed by atoms with Crippen molar-refractivity contribution in [2.75, 3.05) is 6.54 Å². The highest BCUT2D eigenvalue weighted by Crippen LogP contribution is 2.33. The molecule has 5 rings (SSSR count). The van der Waals surface area contributed by atoms with Gasteiger partial charge < -0.3 is 13.9 Å². The molecular weight excluding hydrogens is 384 g/mol. The van der Waals surface area contributed by atoms with Crippen LogP contribution in [0, 0.1) is 0 Å². The van der Waals surface area contributed by atoms with Gasteiger partial charge in [0.25, 0.3) is 0 Å². The Morgan fingerprint density at radius 3 is 2.83 bits per heavy atom. The molecule has 29 heavy (non-hydrogen) atoms. The Hall–Kier alpha value is -3.19. The van der Waals surface area contributed by atoms with Gasteiger partial charge in [-0.3, -0.25) is 4.79 Å². The van der Waals surface area contributed by atoms with Crippen LogP contribution in [0.3, 0.4) is 0 Å². The molecule has 0 unspecified atom stereocenters. The summed E-state index contributed by atoms with van der Waals surface area (Å²) < 4.78 is 7.96. The fourth-order valence-electron chi connectivity index (χ4n) is 3.85. The third kappa shape index (κ3) is 3.49. The summed E-state index contributed by atoms with van der Waals surface area (Å²) in [5.41, 5.74) is 3.19. The first-order valence-electron chi connectivity index (χ1n) is 9.64. The van der Waals surface area contributed by atoms with Crippen molar-refractivity contribution >= 4 is 17.2 Å². The molecule has 146 valence electrons. The van der Waals surface area contributed by atoms with Gasteiger partial charge in [0.05, 0.1) is 6.04 Å². The first-order chi connectivity index (χ1) is 14.3. The molecule has 0 spiro atoms. The van der Waals surface area contributed by atoms with Crippen LogP contribution in [0.4, 0.5) is 0 Å². The van der Waals surface area contributed by atoms with E-state index >= 15 is 0 Å². The van der Waals surface area contributed by atoms with E-state index in [1.165, 1.54) is 0 Å². The van der Waals surface area contributed by atoms with Crippen LogP contribution in [0.15, 0.2) is 69.9 Å². The van der Waals surface area contributed by atoms with Crippen molar-refractivity contribution in [3.63, 3.8) is 0 Å². The number of amides is 1. The normalized spacial score (nSPS) is 16.0. The highest BCUT2D eigenvalue weighted by atomic mass is 32.1. The van der Waals surface area contributed by atoms with E-state index in [1.807, 2.05) is 46.0 Å². The van der Waals surface area contributed by atoms with Gasteiger partial charge >= 0.3 is 0 Å². The number of fused-ring (bicyclic) bond motifs is 1. The van der Waals surface area contributed by atoms with Crippen LogP contribution in [-0.2, 0) is 17.8 Å². The maximum atomic E-state index is 13.2. The minimum atomic E-state index is -0.0727. The molecule has 0 radical (unpaired) electrons. The van der Waals surface area contributed by atoms with Crippen molar-refractivity contribution in [3.05, 3.63) is 82.6 Å². The molecule has 4 aromatic rings. The van der Waals surface area contributed by atoms with Crippen LogP contribution >= 0.6 is 11.3 Å². The van der Waals surface area contributed by atoms with Gasteiger partial charge in [-0.1, -0.05) is 30.3 Å². The van der Waals surface area contributed by atoms with Gasteiger partial charge in [-0.15, -0.1) is 10.2 Å². The van der Waals surface area contributed by atoms with Gasteiger partial charge in [0.2, 0.25) is 17.7 Å². The number of rotatable bonds is 5. The predicted molar refractivity (Wildman–Crippen MR) is 110 cm³/mol. The fourth-order valence-corrected chi connectivity index (χ4v) is 4.48. The van der Waals surface area contributed by atoms with E-state index in [2.05, 4.69) is 39.2 Å². The molecule has 0 saturated carbocycles. The second-order valence-corrected chi connectivity index (χ2v) is 7.82. The average molecular weight is 404 g/mol. The van der Waals surface area contributed by atoms with Gasteiger partial charge in [0, 0.05) is 48.8 Å². The summed E-state index contributed by atoms with van der Waals surface area (Å²) in [5, 5.41) is 12.1. The van der Waals surface area contributed by atoms with Crippen LogP contribution in [0.5, 0.6) is 0 Å². The van der Waals surface area contributed by atoms with Gasteiger partial charge in [-0.25, -0.2) is 0 Å². The molecule has 7 heteroatoms. The molecule has 1 aliphatic rings. The monoisotopic (exact) mass is 404 g/mol. The Kier molecular flexibility index (Phi) is 4.73. The second kappa shape index (κ2) is 7.67. The Morgan fingerprint density at radius 1 is 1.10 bits per heavy atom. The van der Waals surface area contributed by atoms with Crippen molar-refractivity contribution in [3.8, 4) is 11.5 Å². The van der Waals surface area contributed by atoms with Crippen LogP contribution in [0.2, 0.25) is 0 Å². The maximum Gasteiger partial charge on any atom is 0.248 e. The van der Waals surface area contributed by atoms with Gasteiger partial charge in [0.15, 0.2) is 0 Å². The van der Waals surface area contributed by atoms with Crippen LogP contribution < -0.4 is 0 Å². The third-order valence-corrected chi connectivity index (χ3v) is 5.94. The Labute approximate surface area is 172 Å². The third-order valence-electron chi connectivity index (χ3n) is 5.26. The number of carbonyl (C=O) groups is 1. The average Bonchev–Trinajstić information content (AvgIpc) is 3.52. The summed E-state index contributed by atoms with van der Waals surface area (Å²) in [6.45, 7) is 1.49. The zero-order valence-electron chi connectivity index (χ0n) is 15.8. The van der Waals surface area contributed by atoms with E-state index in [-0.39, 0.29) is 11.9 Å². The molecule has 1 aromatic carbocycles. The number of benzene rings is 1. The van der Waals surface area contributed by atoms with E-state index in [0.29, 0.717) is 31.2 Å². The molecule has 4 heterocycles. The Balaban J connectivity index is 1.33. The highest BCUT2D eigenvalue weighted by molar-refractivity contribution is 7.08. The summed E-state index contributed by atoms with van der Waals surface area (Å²) in [7, 11) is 0. The molecule has 1 amide bonds. The number of nitrogens with zero attached hydrogens (tertiary/aromatic N) is 4. The number of hydrogen-bond acceptors (Lipinski definition) is 5. The standard InChI is InChI=1S/C22H20N4O2S/c27-20(9-8-19-23-24-22(28-19)17-10-14-29-15-17)26-13-12-25-11-4-7-18(25)21(26)16-5-2-1-3-6-16/h1-7,10-11,14-15,21H,8-9,12-13H2/t21-/m0/s1. The van der Waals surface area contributed by atoms with E-state index in [4.69, 9.17) is 4.42 Å². The molecule has 3 aromatic heterocycles. The quantitative estimate of drug-likeness (QED) is 0.501. The van der Waals surface area contributed by atoms with Crippen molar-refractivity contribution in [1.29, 1.82) is 0 Å². The summed E-state index contributed by atoms with van der Waals surface area (Å²) in [5.74, 6) is 1.10. The molecular formula is C22H20N4O2S. The lowest BCUT2D eigenvalue weighted by molar-refractivity contribution is -0.134. The molecule has 6 nitrogen and oxygen atoms in total. The number of aryl methyl sites for hydroxylation is 1. The van der Waals surface area contributed by atoms with E-state index in [9.17, 15) is 4.79 Å².